The number of hydrogen-bond donors (Lipinski definition) is 2. The van der Waals surface area contributed by atoms with Crippen molar-refractivity contribution in [3.05, 3.63) is 57.6 Å². The predicted molar refractivity (Wildman–Crippen MR) is 160 cm³/mol. The quantitative estimate of drug-likeness (QED) is 0.391. The summed E-state index contributed by atoms with van der Waals surface area (Å²) in [6, 6.07) is 8.75. The lowest BCUT2D eigenvalue weighted by Gasteiger charge is -2.31. The Morgan fingerprint density at radius 2 is 0.919 bits per heavy atom. The van der Waals surface area contributed by atoms with Gasteiger partial charge in [-0.25, -0.2) is 0 Å². The van der Waals surface area contributed by atoms with Gasteiger partial charge in [-0.05, 0) is 56.9 Å². The Labute approximate surface area is 228 Å². The summed E-state index contributed by atoms with van der Waals surface area (Å²) in [6.45, 7) is 30.8. The van der Waals surface area contributed by atoms with Crippen LogP contribution in [0.1, 0.15) is 136 Å². The van der Waals surface area contributed by atoms with E-state index in [1.807, 2.05) is 0 Å². The fourth-order valence-electron chi connectivity index (χ4n) is 4.72. The molecule has 0 saturated carbocycles. The number of rotatable bonds is 7. The second-order valence-electron chi connectivity index (χ2n) is 15.1. The van der Waals surface area contributed by atoms with E-state index in [1.54, 1.807) is 0 Å². The molecule has 2 aromatic rings. The van der Waals surface area contributed by atoms with E-state index in [1.165, 1.54) is 11.1 Å². The van der Waals surface area contributed by atoms with Crippen LogP contribution in [0, 0.1) is 0 Å². The first-order valence-corrected chi connectivity index (χ1v) is 14.1. The van der Waals surface area contributed by atoms with Gasteiger partial charge in [-0.1, -0.05) is 121 Å². The van der Waals surface area contributed by atoms with Crippen molar-refractivity contribution in [3.8, 4) is 11.5 Å². The van der Waals surface area contributed by atoms with Crippen molar-refractivity contribution in [2.24, 2.45) is 0 Å². The summed E-state index contributed by atoms with van der Waals surface area (Å²) in [7, 11) is 0. The molecule has 0 amide bonds. The van der Waals surface area contributed by atoms with Gasteiger partial charge in [-0.3, -0.25) is 4.90 Å². The Balaban J connectivity index is 2.63. The third kappa shape index (κ3) is 7.99. The number of benzene rings is 2. The van der Waals surface area contributed by atoms with Crippen molar-refractivity contribution in [1.29, 1.82) is 0 Å². The maximum Gasteiger partial charge on any atom is 0.123 e. The Morgan fingerprint density at radius 1 is 0.568 bits per heavy atom. The Morgan fingerprint density at radius 3 is 1.19 bits per heavy atom. The minimum absolute atomic E-state index is 0.0163. The summed E-state index contributed by atoms with van der Waals surface area (Å²) in [5.74, 6) is 0.815. The number of unbranched alkanes of at least 4 members (excludes halogenated alkanes) is 1. The average molecular weight is 510 g/mol. The van der Waals surface area contributed by atoms with Crippen molar-refractivity contribution in [2.45, 2.75) is 138 Å². The molecule has 0 aliphatic rings. The first kappa shape index (κ1) is 31.2. The predicted octanol–water partition coefficient (Wildman–Crippen LogP) is 9.09. The van der Waals surface area contributed by atoms with Crippen molar-refractivity contribution < 1.29 is 10.2 Å². The van der Waals surface area contributed by atoms with E-state index in [4.69, 9.17) is 0 Å². The second kappa shape index (κ2) is 11.0. The van der Waals surface area contributed by atoms with E-state index in [0.717, 1.165) is 41.6 Å². The Hall–Kier alpha value is -2.00. The maximum atomic E-state index is 11.4. The van der Waals surface area contributed by atoms with Crippen LogP contribution < -0.4 is 0 Å². The van der Waals surface area contributed by atoms with E-state index in [-0.39, 0.29) is 21.7 Å². The van der Waals surface area contributed by atoms with Crippen molar-refractivity contribution in [3.63, 3.8) is 0 Å². The Bertz CT molecular complexity index is 986. The van der Waals surface area contributed by atoms with Gasteiger partial charge in [0.05, 0.1) is 0 Å². The van der Waals surface area contributed by atoms with Crippen LogP contribution in [-0.4, -0.2) is 21.7 Å². The Kier molecular flexibility index (Phi) is 9.29. The van der Waals surface area contributed by atoms with E-state index < -0.39 is 0 Å². The van der Waals surface area contributed by atoms with Gasteiger partial charge in [0, 0.05) is 24.2 Å². The van der Waals surface area contributed by atoms with Crippen molar-refractivity contribution >= 4 is 0 Å². The van der Waals surface area contributed by atoms with E-state index in [2.05, 4.69) is 119 Å². The number of aromatic hydroxyl groups is 2. The summed E-state index contributed by atoms with van der Waals surface area (Å²) >= 11 is 0. The molecule has 0 spiro atoms. The molecule has 3 nitrogen and oxygen atoms in total. The molecule has 0 bridgehead atoms. The lowest BCUT2D eigenvalue weighted by Crippen LogP contribution is -2.26. The summed E-state index contributed by atoms with van der Waals surface area (Å²) in [5.41, 5.74) is 6.07. The molecule has 3 heteroatoms. The summed E-state index contributed by atoms with van der Waals surface area (Å²) in [4.78, 5) is 2.39. The number of phenols is 2. The smallest absolute Gasteiger partial charge is 0.123 e. The second-order valence-corrected chi connectivity index (χ2v) is 15.1. The molecule has 208 valence electrons. The third-order valence-corrected chi connectivity index (χ3v) is 7.34. The van der Waals surface area contributed by atoms with Crippen LogP contribution in [0.15, 0.2) is 24.3 Å². The normalized spacial score (nSPS) is 13.5. The molecule has 0 saturated heterocycles. The maximum absolute atomic E-state index is 11.4. The molecule has 0 fully saturated rings. The highest BCUT2D eigenvalue weighted by atomic mass is 16.3. The van der Waals surface area contributed by atoms with Gasteiger partial charge in [-0.2, -0.15) is 0 Å². The zero-order chi connectivity index (χ0) is 28.6. The fraction of sp³-hybridized carbons (Fsp3) is 0.647. The SMILES string of the molecule is CCCCN(Cc1cc(C(C)(C)C)cc(C(C)(C)C)c1O)Cc1cc(C(C)(C)C)cc(C(C)(C)C)c1O. The highest BCUT2D eigenvalue weighted by Gasteiger charge is 2.28. The number of hydrogen-bond acceptors (Lipinski definition) is 3. The zero-order valence-electron chi connectivity index (χ0n) is 26.2. The van der Waals surface area contributed by atoms with Crippen LogP contribution in [0.5, 0.6) is 11.5 Å². The molecule has 0 radical (unpaired) electrons. The molecule has 0 aromatic heterocycles. The molecule has 0 aliphatic heterocycles. The standard InChI is InChI=1S/C34H55NO2/c1-14-15-16-35(21-23-17-25(31(2,3)4)19-27(29(23)36)33(8,9)10)22-24-18-26(32(5,6)7)20-28(30(24)37)34(11,12)13/h17-20,36-37H,14-16,21-22H2,1-13H3. The van der Waals surface area contributed by atoms with Crippen LogP contribution >= 0.6 is 0 Å². The van der Waals surface area contributed by atoms with Crippen molar-refractivity contribution in [2.75, 3.05) is 6.54 Å². The van der Waals surface area contributed by atoms with E-state index in [0.29, 0.717) is 24.6 Å². The van der Waals surface area contributed by atoms with Crippen LogP contribution in [0.3, 0.4) is 0 Å². The molecule has 0 atom stereocenters. The summed E-state index contributed by atoms with van der Waals surface area (Å²) in [5, 5.41) is 22.9. The van der Waals surface area contributed by atoms with Crippen LogP contribution in [0.2, 0.25) is 0 Å². The highest BCUT2D eigenvalue weighted by Crippen LogP contribution is 2.40. The van der Waals surface area contributed by atoms with E-state index >= 15 is 0 Å². The van der Waals surface area contributed by atoms with E-state index in [9.17, 15) is 10.2 Å². The first-order valence-electron chi connectivity index (χ1n) is 14.1. The van der Waals surface area contributed by atoms with Crippen LogP contribution in [-0.2, 0) is 34.7 Å². The van der Waals surface area contributed by atoms with Gasteiger partial charge in [-0.15, -0.1) is 0 Å². The molecule has 37 heavy (non-hydrogen) atoms. The highest BCUT2D eigenvalue weighted by molar-refractivity contribution is 5.50. The minimum atomic E-state index is -0.157. The molecular formula is C34H55NO2. The molecule has 2 N–H and O–H groups in total. The molecule has 2 aromatic carbocycles. The summed E-state index contributed by atoms with van der Waals surface area (Å²) in [6.07, 6.45) is 2.16. The number of nitrogens with zero attached hydrogens (tertiary/aromatic N) is 1. The van der Waals surface area contributed by atoms with Gasteiger partial charge in [0.15, 0.2) is 0 Å². The van der Waals surface area contributed by atoms with Gasteiger partial charge in [0.2, 0.25) is 0 Å². The molecule has 0 aliphatic carbocycles. The fourth-order valence-corrected chi connectivity index (χ4v) is 4.72. The zero-order valence-corrected chi connectivity index (χ0v) is 26.2. The van der Waals surface area contributed by atoms with Gasteiger partial charge in [0.25, 0.3) is 0 Å². The van der Waals surface area contributed by atoms with Crippen LogP contribution in [0.25, 0.3) is 0 Å². The van der Waals surface area contributed by atoms with Crippen molar-refractivity contribution in [1.82, 2.24) is 4.90 Å². The first-order chi connectivity index (χ1) is 16.7. The van der Waals surface area contributed by atoms with Gasteiger partial charge < -0.3 is 10.2 Å². The molecule has 2 rings (SSSR count). The van der Waals surface area contributed by atoms with Gasteiger partial charge >= 0.3 is 0 Å². The van der Waals surface area contributed by atoms with Gasteiger partial charge in [0.1, 0.15) is 11.5 Å². The lowest BCUT2D eigenvalue weighted by atomic mass is 9.78. The monoisotopic (exact) mass is 509 g/mol. The largest absolute Gasteiger partial charge is 0.507 e. The summed E-state index contributed by atoms with van der Waals surface area (Å²) < 4.78 is 0. The average Bonchev–Trinajstić information content (AvgIpc) is 2.71. The molecule has 0 unspecified atom stereocenters. The third-order valence-electron chi connectivity index (χ3n) is 7.34. The van der Waals surface area contributed by atoms with Crippen LogP contribution in [0.4, 0.5) is 0 Å². The minimum Gasteiger partial charge on any atom is -0.507 e. The topological polar surface area (TPSA) is 43.7 Å². The molecular weight excluding hydrogens is 454 g/mol. The lowest BCUT2D eigenvalue weighted by molar-refractivity contribution is 0.244. The molecule has 0 heterocycles. The number of phenolic OH excluding ortho intramolecular Hbond substituents is 2.